The third kappa shape index (κ3) is 4.02. The summed E-state index contributed by atoms with van der Waals surface area (Å²) in [4.78, 5) is 0. The van der Waals surface area contributed by atoms with Crippen molar-refractivity contribution in [2.24, 2.45) is 0 Å². The van der Waals surface area contributed by atoms with Crippen LogP contribution in [0.2, 0.25) is 0 Å². The quantitative estimate of drug-likeness (QED) is 0.916. The fraction of sp³-hybridized carbons (Fsp3) is 0.538. The largest absolute Gasteiger partial charge is 0.486 e. The molecule has 0 spiro atoms. The van der Waals surface area contributed by atoms with Crippen LogP contribution in [-0.2, 0) is 0 Å². The van der Waals surface area contributed by atoms with Gasteiger partial charge in [0.1, 0.15) is 13.2 Å². The van der Waals surface area contributed by atoms with Crippen LogP contribution in [0.3, 0.4) is 0 Å². The van der Waals surface area contributed by atoms with Crippen LogP contribution in [0, 0.1) is 0 Å². The Labute approximate surface area is 109 Å². The van der Waals surface area contributed by atoms with E-state index in [0.29, 0.717) is 24.7 Å². The highest BCUT2D eigenvalue weighted by Crippen LogP contribution is 2.32. The fourth-order valence-electron chi connectivity index (χ4n) is 1.88. The Balaban J connectivity index is 1.94. The van der Waals surface area contributed by atoms with Gasteiger partial charge in [0.15, 0.2) is 11.5 Å². The number of hydrogen-bond donors (Lipinski definition) is 1. The highest BCUT2D eigenvalue weighted by atomic mass is 19.4. The van der Waals surface area contributed by atoms with E-state index in [9.17, 15) is 13.2 Å². The molecule has 1 atom stereocenters. The van der Waals surface area contributed by atoms with Crippen molar-refractivity contribution in [1.82, 2.24) is 5.32 Å². The van der Waals surface area contributed by atoms with E-state index in [1.165, 1.54) is 0 Å². The van der Waals surface area contributed by atoms with Crippen LogP contribution in [0.5, 0.6) is 11.5 Å². The van der Waals surface area contributed by atoms with E-state index in [1.54, 1.807) is 12.1 Å². The van der Waals surface area contributed by atoms with Gasteiger partial charge in [0.25, 0.3) is 0 Å². The third-order valence-corrected chi connectivity index (χ3v) is 2.93. The van der Waals surface area contributed by atoms with Crippen LogP contribution in [0.15, 0.2) is 18.2 Å². The molecule has 1 heterocycles. The van der Waals surface area contributed by atoms with Gasteiger partial charge in [-0.3, -0.25) is 0 Å². The second kappa shape index (κ2) is 5.69. The highest BCUT2D eigenvalue weighted by Gasteiger charge is 2.26. The Morgan fingerprint density at radius 3 is 2.58 bits per heavy atom. The number of benzene rings is 1. The minimum absolute atomic E-state index is 0.0981. The average molecular weight is 275 g/mol. The molecule has 0 saturated carbocycles. The summed E-state index contributed by atoms with van der Waals surface area (Å²) in [5.74, 6) is 1.32. The van der Waals surface area contributed by atoms with E-state index in [0.717, 1.165) is 5.56 Å². The monoisotopic (exact) mass is 275 g/mol. The number of hydrogen-bond acceptors (Lipinski definition) is 3. The number of alkyl halides is 3. The molecule has 2 rings (SSSR count). The van der Waals surface area contributed by atoms with Gasteiger partial charge in [-0.05, 0) is 24.6 Å². The summed E-state index contributed by atoms with van der Waals surface area (Å²) in [6.45, 7) is 2.74. The SMILES string of the molecule is CC(NCCC(F)(F)F)c1ccc2c(c1)OCCO2. The highest BCUT2D eigenvalue weighted by molar-refractivity contribution is 5.44. The van der Waals surface area contributed by atoms with Gasteiger partial charge in [-0.2, -0.15) is 13.2 Å². The van der Waals surface area contributed by atoms with Crippen molar-refractivity contribution in [1.29, 1.82) is 0 Å². The molecule has 6 heteroatoms. The van der Waals surface area contributed by atoms with Crippen molar-refractivity contribution < 1.29 is 22.6 Å². The van der Waals surface area contributed by atoms with Crippen molar-refractivity contribution in [3.05, 3.63) is 23.8 Å². The Hall–Kier alpha value is -1.43. The summed E-state index contributed by atoms with van der Waals surface area (Å²) >= 11 is 0. The zero-order valence-electron chi connectivity index (χ0n) is 10.6. The molecule has 19 heavy (non-hydrogen) atoms. The molecule has 0 fully saturated rings. The second-order valence-corrected chi connectivity index (χ2v) is 4.44. The first kappa shape index (κ1) is 14.0. The zero-order chi connectivity index (χ0) is 13.9. The first-order valence-electron chi connectivity index (χ1n) is 6.15. The summed E-state index contributed by atoms with van der Waals surface area (Å²) in [6, 6.07) is 5.25. The van der Waals surface area contributed by atoms with Gasteiger partial charge in [-0.15, -0.1) is 0 Å². The number of rotatable bonds is 4. The van der Waals surface area contributed by atoms with Crippen LogP contribution in [0.1, 0.15) is 24.9 Å². The lowest BCUT2D eigenvalue weighted by Crippen LogP contribution is -2.24. The maximum atomic E-state index is 12.1. The van der Waals surface area contributed by atoms with E-state index >= 15 is 0 Å². The van der Waals surface area contributed by atoms with Gasteiger partial charge in [-0.1, -0.05) is 6.07 Å². The Kier molecular flexibility index (Phi) is 4.19. The first-order chi connectivity index (χ1) is 8.96. The molecule has 1 N–H and O–H groups in total. The van der Waals surface area contributed by atoms with Crippen molar-refractivity contribution in [3.8, 4) is 11.5 Å². The fourth-order valence-corrected chi connectivity index (χ4v) is 1.88. The van der Waals surface area contributed by atoms with E-state index in [-0.39, 0.29) is 12.6 Å². The smallest absolute Gasteiger partial charge is 0.390 e. The molecule has 0 bridgehead atoms. The molecule has 106 valence electrons. The zero-order valence-corrected chi connectivity index (χ0v) is 10.6. The lowest BCUT2D eigenvalue weighted by molar-refractivity contribution is -0.133. The molecule has 1 aromatic rings. The van der Waals surface area contributed by atoms with Crippen LogP contribution in [-0.4, -0.2) is 25.9 Å². The number of fused-ring (bicyclic) bond motifs is 1. The van der Waals surface area contributed by atoms with Crippen molar-refractivity contribution in [2.75, 3.05) is 19.8 Å². The standard InChI is InChI=1S/C13H16F3NO2/c1-9(17-5-4-13(14,15)16)10-2-3-11-12(8-10)19-7-6-18-11/h2-3,8-9,17H,4-7H2,1H3. The minimum Gasteiger partial charge on any atom is -0.486 e. The predicted octanol–water partition coefficient (Wildman–Crippen LogP) is 3.06. The van der Waals surface area contributed by atoms with E-state index in [2.05, 4.69) is 5.32 Å². The van der Waals surface area contributed by atoms with Crippen LogP contribution >= 0.6 is 0 Å². The average Bonchev–Trinajstić information content (AvgIpc) is 2.36. The normalized spacial score (nSPS) is 16.2. The van der Waals surface area contributed by atoms with E-state index in [4.69, 9.17) is 9.47 Å². The molecule has 1 unspecified atom stereocenters. The molecular formula is C13H16F3NO2. The van der Waals surface area contributed by atoms with Crippen LogP contribution in [0.4, 0.5) is 13.2 Å². The maximum Gasteiger partial charge on any atom is 0.390 e. The van der Waals surface area contributed by atoms with Gasteiger partial charge >= 0.3 is 6.18 Å². The summed E-state index contributed by atoms with van der Waals surface area (Å²) in [5.41, 5.74) is 0.881. The van der Waals surface area contributed by atoms with Crippen molar-refractivity contribution >= 4 is 0 Å². The summed E-state index contributed by atoms with van der Waals surface area (Å²) < 4.78 is 47.0. The molecule has 0 saturated heterocycles. The number of halogens is 3. The van der Waals surface area contributed by atoms with Gasteiger partial charge in [0.05, 0.1) is 6.42 Å². The molecule has 0 radical (unpaired) electrons. The van der Waals surface area contributed by atoms with Crippen LogP contribution < -0.4 is 14.8 Å². The topological polar surface area (TPSA) is 30.5 Å². The van der Waals surface area contributed by atoms with Gasteiger partial charge in [-0.25, -0.2) is 0 Å². The van der Waals surface area contributed by atoms with Gasteiger partial charge in [0.2, 0.25) is 0 Å². The molecule has 1 aliphatic heterocycles. The first-order valence-corrected chi connectivity index (χ1v) is 6.15. The predicted molar refractivity (Wildman–Crippen MR) is 64.5 cm³/mol. The maximum absolute atomic E-state index is 12.1. The second-order valence-electron chi connectivity index (χ2n) is 4.44. The molecule has 3 nitrogen and oxygen atoms in total. The van der Waals surface area contributed by atoms with E-state index < -0.39 is 12.6 Å². The van der Waals surface area contributed by atoms with Crippen molar-refractivity contribution in [2.45, 2.75) is 25.6 Å². The molecule has 1 aromatic carbocycles. The third-order valence-electron chi connectivity index (χ3n) is 2.93. The Morgan fingerprint density at radius 2 is 1.89 bits per heavy atom. The molecule has 1 aliphatic rings. The summed E-state index contributed by atoms with van der Waals surface area (Å²) in [5, 5.41) is 2.85. The molecular weight excluding hydrogens is 259 g/mol. The molecule has 0 aromatic heterocycles. The minimum atomic E-state index is -4.13. The Bertz CT molecular complexity index is 434. The lowest BCUT2D eigenvalue weighted by atomic mass is 10.1. The number of ether oxygens (including phenoxy) is 2. The van der Waals surface area contributed by atoms with Crippen molar-refractivity contribution in [3.63, 3.8) is 0 Å². The van der Waals surface area contributed by atoms with Crippen LogP contribution in [0.25, 0.3) is 0 Å². The summed E-state index contributed by atoms with van der Waals surface area (Å²) in [6.07, 6.45) is -4.96. The number of nitrogens with one attached hydrogen (secondary N) is 1. The summed E-state index contributed by atoms with van der Waals surface area (Å²) in [7, 11) is 0. The van der Waals surface area contributed by atoms with Gasteiger partial charge < -0.3 is 14.8 Å². The Morgan fingerprint density at radius 1 is 1.21 bits per heavy atom. The van der Waals surface area contributed by atoms with E-state index in [1.807, 2.05) is 13.0 Å². The lowest BCUT2D eigenvalue weighted by Gasteiger charge is -2.21. The molecule has 0 aliphatic carbocycles. The van der Waals surface area contributed by atoms with Gasteiger partial charge in [0, 0.05) is 12.6 Å². The molecule has 0 amide bonds.